The number of nitrogens with one attached hydrogen (secondary N) is 1. The van der Waals surface area contributed by atoms with Gasteiger partial charge in [0.05, 0.1) is 0 Å². The average Bonchev–Trinajstić information content (AvgIpc) is 2.59. The van der Waals surface area contributed by atoms with Gasteiger partial charge in [0.2, 0.25) is 0 Å². The van der Waals surface area contributed by atoms with E-state index >= 15 is 0 Å². The Morgan fingerprint density at radius 1 is 1.13 bits per heavy atom. The van der Waals surface area contributed by atoms with Gasteiger partial charge in [0.25, 0.3) is 5.91 Å². The fraction of sp³-hybridized carbons (Fsp3) is 0.278. The minimum atomic E-state index is -0.0418. The molecule has 2 aromatic rings. The van der Waals surface area contributed by atoms with Crippen molar-refractivity contribution < 1.29 is 4.79 Å². The Labute approximate surface area is 148 Å². The largest absolute Gasteiger partial charge is 0.352 e. The fourth-order valence-electron chi connectivity index (χ4n) is 1.90. The third-order valence-electron chi connectivity index (χ3n) is 3.38. The molecule has 0 saturated carbocycles. The molecular weight excluding hydrogens is 328 g/mol. The first kappa shape index (κ1) is 19.6. The van der Waals surface area contributed by atoms with Crippen LogP contribution in [0.1, 0.15) is 22.8 Å². The summed E-state index contributed by atoms with van der Waals surface area (Å²) < 4.78 is 0. The van der Waals surface area contributed by atoms with Crippen LogP contribution in [0.5, 0.6) is 0 Å². The summed E-state index contributed by atoms with van der Waals surface area (Å²) in [5, 5.41) is 2.90. The first-order valence-electron chi connectivity index (χ1n) is 7.44. The molecule has 0 spiro atoms. The Hall–Kier alpha value is -1.49. The van der Waals surface area contributed by atoms with Crippen LogP contribution in [0.25, 0.3) is 0 Å². The predicted octanol–water partition coefficient (Wildman–Crippen LogP) is 3.73. The highest BCUT2D eigenvalue weighted by molar-refractivity contribution is 7.98. The molecule has 0 aliphatic rings. The molecule has 0 saturated heterocycles. The van der Waals surface area contributed by atoms with Gasteiger partial charge >= 0.3 is 0 Å². The lowest BCUT2D eigenvalue weighted by Crippen LogP contribution is -2.31. The number of carbonyl (C=O) groups is 1. The van der Waals surface area contributed by atoms with Gasteiger partial charge in [-0.05, 0) is 42.3 Å². The van der Waals surface area contributed by atoms with Crippen LogP contribution in [0, 0.1) is 5.92 Å². The van der Waals surface area contributed by atoms with Crippen molar-refractivity contribution in [2.24, 2.45) is 11.7 Å². The summed E-state index contributed by atoms with van der Waals surface area (Å²) in [7, 11) is 0. The van der Waals surface area contributed by atoms with E-state index in [9.17, 15) is 4.79 Å². The summed E-state index contributed by atoms with van der Waals surface area (Å²) >= 11 is 1.77. The normalized spacial score (nSPS) is 11.4. The maximum atomic E-state index is 12.0. The summed E-state index contributed by atoms with van der Waals surface area (Å²) in [4.78, 5) is 13.2. The van der Waals surface area contributed by atoms with Crippen LogP contribution < -0.4 is 11.1 Å². The Balaban J connectivity index is 0.00000264. The highest BCUT2D eigenvalue weighted by Gasteiger charge is 2.07. The van der Waals surface area contributed by atoms with Crippen molar-refractivity contribution in [1.29, 1.82) is 0 Å². The second-order valence-electron chi connectivity index (χ2n) is 5.35. The lowest BCUT2D eigenvalue weighted by Gasteiger charge is -2.10. The number of hydrogen-bond donors (Lipinski definition) is 2. The fourth-order valence-corrected chi connectivity index (χ4v) is 2.75. The minimum absolute atomic E-state index is 0. The average molecular weight is 351 g/mol. The Bertz CT molecular complexity index is 590. The van der Waals surface area contributed by atoms with Crippen molar-refractivity contribution in [1.82, 2.24) is 5.32 Å². The molecule has 0 aromatic heterocycles. The lowest BCUT2D eigenvalue weighted by atomic mass is 10.1. The molecule has 0 radical (unpaired) electrons. The first-order chi connectivity index (χ1) is 10.7. The quantitative estimate of drug-likeness (QED) is 0.748. The van der Waals surface area contributed by atoms with E-state index < -0.39 is 0 Å². The molecule has 5 heteroatoms. The van der Waals surface area contributed by atoms with Crippen molar-refractivity contribution in [3.05, 3.63) is 65.7 Å². The molecule has 0 heterocycles. The molecule has 124 valence electrons. The van der Waals surface area contributed by atoms with Crippen LogP contribution in [-0.2, 0) is 5.75 Å². The number of halogens is 1. The monoisotopic (exact) mass is 350 g/mol. The molecule has 0 aliphatic heterocycles. The summed E-state index contributed by atoms with van der Waals surface area (Å²) in [6.07, 6.45) is 0. The van der Waals surface area contributed by atoms with Crippen LogP contribution >= 0.6 is 24.2 Å². The zero-order valence-corrected chi connectivity index (χ0v) is 14.8. The molecule has 1 unspecified atom stereocenters. The number of thioether (sulfide) groups is 1. The predicted molar refractivity (Wildman–Crippen MR) is 100 cm³/mol. The standard InChI is InChI=1S/C18H22N2OS.ClH/c1-14(11-19)12-20-18(21)16-7-9-17(10-8-16)22-13-15-5-3-2-4-6-15;/h2-10,14H,11-13,19H2,1H3,(H,20,21);1H. The van der Waals surface area contributed by atoms with Gasteiger partial charge in [0, 0.05) is 22.8 Å². The Morgan fingerprint density at radius 2 is 1.78 bits per heavy atom. The van der Waals surface area contributed by atoms with Gasteiger partial charge in [0.15, 0.2) is 0 Å². The number of nitrogens with two attached hydrogens (primary N) is 1. The van der Waals surface area contributed by atoms with Gasteiger partial charge in [-0.15, -0.1) is 24.2 Å². The zero-order valence-electron chi connectivity index (χ0n) is 13.2. The summed E-state index contributed by atoms with van der Waals surface area (Å²) in [5.41, 5.74) is 7.53. The summed E-state index contributed by atoms with van der Waals surface area (Å²) in [6, 6.07) is 18.1. The third kappa shape index (κ3) is 6.65. The van der Waals surface area contributed by atoms with E-state index in [2.05, 4.69) is 17.4 Å². The molecule has 0 fully saturated rings. The van der Waals surface area contributed by atoms with Crippen molar-refractivity contribution in [3.8, 4) is 0 Å². The number of carbonyl (C=O) groups excluding carboxylic acids is 1. The zero-order chi connectivity index (χ0) is 15.8. The maximum Gasteiger partial charge on any atom is 0.251 e. The highest BCUT2D eigenvalue weighted by atomic mass is 35.5. The molecule has 2 aromatic carbocycles. The van der Waals surface area contributed by atoms with Crippen molar-refractivity contribution in [3.63, 3.8) is 0 Å². The van der Waals surface area contributed by atoms with Gasteiger partial charge in [0.1, 0.15) is 0 Å². The summed E-state index contributed by atoms with van der Waals surface area (Å²) in [6.45, 7) is 3.21. The van der Waals surface area contributed by atoms with Gasteiger partial charge in [-0.1, -0.05) is 37.3 Å². The molecule has 0 bridgehead atoms. The van der Waals surface area contributed by atoms with Gasteiger partial charge in [-0.2, -0.15) is 0 Å². The maximum absolute atomic E-state index is 12.0. The topological polar surface area (TPSA) is 55.1 Å². The molecule has 2 rings (SSSR count). The molecule has 1 amide bonds. The Kier molecular flexibility index (Phi) is 8.77. The van der Waals surface area contributed by atoms with E-state index in [0.717, 1.165) is 10.6 Å². The number of benzene rings is 2. The van der Waals surface area contributed by atoms with E-state index in [0.29, 0.717) is 24.6 Å². The molecule has 3 N–H and O–H groups in total. The van der Waals surface area contributed by atoms with Crippen LogP contribution in [0.2, 0.25) is 0 Å². The van der Waals surface area contributed by atoms with Gasteiger partial charge < -0.3 is 11.1 Å². The smallest absolute Gasteiger partial charge is 0.251 e. The second kappa shape index (κ2) is 10.3. The van der Waals surface area contributed by atoms with E-state index in [1.807, 2.05) is 49.4 Å². The number of hydrogen-bond acceptors (Lipinski definition) is 3. The van der Waals surface area contributed by atoms with Gasteiger partial charge in [-0.25, -0.2) is 0 Å². The third-order valence-corrected chi connectivity index (χ3v) is 4.46. The van der Waals surface area contributed by atoms with Gasteiger partial charge in [-0.3, -0.25) is 4.79 Å². The molecule has 1 atom stereocenters. The van der Waals surface area contributed by atoms with E-state index in [1.54, 1.807) is 11.8 Å². The molecule has 3 nitrogen and oxygen atoms in total. The van der Waals surface area contributed by atoms with Crippen molar-refractivity contribution in [2.45, 2.75) is 17.6 Å². The SMILES string of the molecule is CC(CN)CNC(=O)c1ccc(SCc2ccccc2)cc1.Cl. The van der Waals surface area contributed by atoms with Crippen LogP contribution in [0.4, 0.5) is 0 Å². The van der Waals surface area contributed by atoms with E-state index in [-0.39, 0.29) is 18.3 Å². The van der Waals surface area contributed by atoms with Crippen molar-refractivity contribution >= 4 is 30.1 Å². The minimum Gasteiger partial charge on any atom is -0.352 e. The lowest BCUT2D eigenvalue weighted by molar-refractivity contribution is 0.0948. The molecule has 0 aliphatic carbocycles. The number of amides is 1. The van der Waals surface area contributed by atoms with E-state index in [4.69, 9.17) is 5.73 Å². The molecule has 23 heavy (non-hydrogen) atoms. The highest BCUT2D eigenvalue weighted by Crippen LogP contribution is 2.22. The Morgan fingerprint density at radius 3 is 2.39 bits per heavy atom. The number of rotatable bonds is 7. The molecular formula is C18H23ClN2OS. The van der Waals surface area contributed by atoms with Crippen LogP contribution in [0.15, 0.2) is 59.5 Å². The van der Waals surface area contributed by atoms with E-state index in [1.165, 1.54) is 5.56 Å². The van der Waals surface area contributed by atoms with Crippen LogP contribution in [-0.4, -0.2) is 19.0 Å². The summed E-state index contributed by atoms with van der Waals surface area (Å²) in [5.74, 6) is 1.19. The van der Waals surface area contributed by atoms with Crippen LogP contribution in [0.3, 0.4) is 0 Å². The first-order valence-corrected chi connectivity index (χ1v) is 8.42. The second-order valence-corrected chi connectivity index (χ2v) is 6.40. The van der Waals surface area contributed by atoms with Crippen molar-refractivity contribution in [2.75, 3.05) is 13.1 Å².